The summed E-state index contributed by atoms with van der Waals surface area (Å²) in [6.45, 7) is 5.49. The van der Waals surface area contributed by atoms with E-state index < -0.39 is 18.2 Å². The number of benzene rings is 3. The molecule has 3 N–H and O–H groups in total. The third kappa shape index (κ3) is 8.84. The Morgan fingerprint density at radius 3 is 2.20 bits per heavy atom. The number of hydrogen-bond donors (Lipinski definition) is 3. The molecule has 4 atom stereocenters. The minimum absolute atomic E-state index is 0.00191. The number of aliphatic imine (C=N–C) groups is 1. The zero-order chi connectivity index (χ0) is 48.1. The molecule has 2 saturated heterocycles. The summed E-state index contributed by atoms with van der Waals surface area (Å²) < 4.78 is 11.3. The van der Waals surface area contributed by atoms with Crippen LogP contribution >= 0.6 is 0 Å². The highest BCUT2D eigenvalue weighted by Gasteiger charge is 2.40. The minimum Gasteiger partial charge on any atom is -0.488 e. The number of hydrogen-bond acceptors (Lipinski definition) is 8. The predicted octanol–water partition coefficient (Wildman–Crippen LogP) is 8.71. The van der Waals surface area contributed by atoms with Gasteiger partial charge < -0.3 is 44.4 Å². The molecule has 10 rings (SSSR count). The molecule has 15 heteroatoms. The Labute approximate surface area is 405 Å². The molecule has 5 heterocycles. The molecule has 5 aromatic rings. The largest absolute Gasteiger partial charge is 0.488 e. The fourth-order valence-corrected chi connectivity index (χ4v) is 11.5. The van der Waals surface area contributed by atoms with E-state index >= 15 is 0 Å². The Morgan fingerprint density at radius 1 is 0.797 bits per heavy atom. The van der Waals surface area contributed by atoms with Crippen molar-refractivity contribution in [3.63, 3.8) is 0 Å². The Bertz CT molecular complexity index is 2760. The van der Waals surface area contributed by atoms with Gasteiger partial charge in [0.25, 0.3) is 5.91 Å². The van der Waals surface area contributed by atoms with Crippen molar-refractivity contribution >= 4 is 23.9 Å². The van der Waals surface area contributed by atoms with E-state index in [0.29, 0.717) is 25.6 Å². The van der Waals surface area contributed by atoms with Crippen molar-refractivity contribution < 1.29 is 23.9 Å². The second-order valence-corrected chi connectivity index (χ2v) is 20.3. The smallest absolute Gasteiger partial charge is 0.407 e. The van der Waals surface area contributed by atoms with Gasteiger partial charge in [-0.1, -0.05) is 63.1 Å². The summed E-state index contributed by atoms with van der Waals surface area (Å²) in [5.74, 6) is 3.49. The molecule has 0 spiro atoms. The number of aromatic nitrogens is 4. The van der Waals surface area contributed by atoms with Gasteiger partial charge in [0.1, 0.15) is 30.0 Å². The third-order valence-corrected chi connectivity index (χ3v) is 15.0. The molecule has 2 aliphatic carbocycles. The highest BCUT2D eigenvalue weighted by atomic mass is 16.5. The van der Waals surface area contributed by atoms with Crippen molar-refractivity contribution in [1.82, 2.24) is 44.9 Å². The molecule has 15 nitrogen and oxygen atoms in total. The van der Waals surface area contributed by atoms with Crippen LogP contribution in [0.4, 0.5) is 4.79 Å². The van der Waals surface area contributed by atoms with Crippen LogP contribution in [0.3, 0.4) is 0 Å². The van der Waals surface area contributed by atoms with E-state index in [1.165, 1.54) is 43.9 Å². The molecule has 362 valence electrons. The number of aryl methyl sites for hydroxylation is 2. The van der Waals surface area contributed by atoms with Crippen LogP contribution in [-0.2, 0) is 33.8 Å². The van der Waals surface area contributed by atoms with Crippen LogP contribution in [0.2, 0.25) is 0 Å². The second kappa shape index (κ2) is 19.0. The van der Waals surface area contributed by atoms with Crippen molar-refractivity contribution in [1.29, 1.82) is 0 Å². The zero-order valence-corrected chi connectivity index (χ0v) is 41.1. The predicted molar refractivity (Wildman–Crippen MR) is 266 cm³/mol. The first-order valence-electron chi connectivity index (χ1n) is 24.9. The van der Waals surface area contributed by atoms with Crippen LogP contribution < -0.4 is 10.1 Å². The lowest BCUT2D eigenvalue weighted by atomic mass is 9.86. The Balaban J connectivity index is 0.880. The number of nitrogens with zero attached hydrogens (tertiary/aromatic N) is 7. The van der Waals surface area contributed by atoms with Gasteiger partial charge in [0.05, 0.1) is 42.5 Å². The number of carbonyl (C=O) groups is 3. The van der Waals surface area contributed by atoms with Crippen LogP contribution in [-0.4, -0.2) is 118 Å². The summed E-state index contributed by atoms with van der Waals surface area (Å²) in [7, 11) is 9.18. The summed E-state index contributed by atoms with van der Waals surface area (Å²) in [6, 6.07) is 17.8. The van der Waals surface area contributed by atoms with Crippen LogP contribution in [0.25, 0.3) is 33.6 Å². The SMILES string of the molecule is COC(=O)N[C@H](C(=O)N1CCC[C@H]1c1ncc(-c2ccc3c(c2)COc2cc4c(cc2-3)CCc2nc([C@@H]3CCCN3C(=O)[C@H](N=C(N(C)C)N(C)C)c3ccc(C5CCCC5)cc3)[nH]c2-4)[nH]1)C(C)C. The number of H-pyrrole nitrogens is 2. The third-order valence-electron chi connectivity index (χ3n) is 15.0. The highest BCUT2D eigenvalue weighted by Crippen LogP contribution is 2.46. The molecular weight excluding hydrogens is 869 g/mol. The molecule has 3 fully saturated rings. The standard InChI is InChI=1S/C54H66N10O5/c1-31(2)46(60-54(67)68-7)51(65)63-24-10-14-43(63)49-55-29-42(57-49)36-20-22-38-37(26-36)30-69-45-28-39-35(27-40(38)45)21-23-41-48(39)58-50(56-41)44-15-11-25-64(44)52(66)47(59-53(61(3)4)62(5)6)34-18-16-33(17-19-34)32-12-8-9-13-32/h16-20,22,26-29,31-32,43-44,46-47H,8-15,21,23-25,30H2,1-7H3,(H,55,57)(H,56,58)(H,60,67)/t43-,44-,46-,47+/m0/s1. The number of fused-ring (bicyclic) bond motifs is 6. The van der Waals surface area contributed by atoms with E-state index in [0.717, 1.165) is 112 Å². The average molecular weight is 935 g/mol. The van der Waals surface area contributed by atoms with Crippen molar-refractivity contribution in [3.05, 3.63) is 100 Å². The molecule has 5 aliphatic rings. The molecule has 0 unspecified atom stereocenters. The van der Waals surface area contributed by atoms with Gasteiger partial charge >= 0.3 is 6.09 Å². The van der Waals surface area contributed by atoms with Crippen molar-refractivity contribution in [2.45, 2.75) is 115 Å². The number of likely N-dealkylation sites (tertiary alicyclic amines) is 2. The fraction of sp³-hybridized carbons (Fsp3) is 0.481. The van der Waals surface area contributed by atoms with Crippen molar-refractivity contribution in [3.8, 4) is 39.4 Å². The molecule has 0 radical (unpaired) electrons. The Kier molecular flexibility index (Phi) is 12.7. The van der Waals surface area contributed by atoms with Crippen molar-refractivity contribution in [2.75, 3.05) is 48.4 Å². The molecular formula is C54H66N10O5. The number of ether oxygens (including phenoxy) is 2. The number of rotatable bonds is 10. The van der Waals surface area contributed by atoms with E-state index in [1.54, 1.807) is 0 Å². The summed E-state index contributed by atoms with van der Waals surface area (Å²) in [5.41, 5.74) is 11.8. The van der Waals surface area contributed by atoms with Gasteiger partial charge in [0.2, 0.25) is 5.91 Å². The minimum atomic E-state index is -0.694. The van der Waals surface area contributed by atoms with Gasteiger partial charge in [-0.25, -0.2) is 19.8 Å². The highest BCUT2D eigenvalue weighted by molar-refractivity contribution is 5.89. The normalized spacial score (nSPS) is 19.2. The Morgan fingerprint density at radius 2 is 1.51 bits per heavy atom. The lowest BCUT2D eigenvalue weighted by molar-refractivity contribution is -0.135. The van der Waals surface area contributed by atoms with Gasteiger partial charge in [-0.15, -0.1) is 0 Å². The van der Waals surface area contributed by atoms with E-state index in [-0.39, 0.29) is 29.8 Å². The number of alkyl carbamates (subject to hydrolysis) is 1. The number of carbonyl (C=O) groups excluding carboxylic acids is 3. The van der Waals surface area contributed by atoms with Crippen LogP contribution in [0.5, 0.6) is 5.75 Å². The maximum Gasteiger partial charge on any atom is 0.407 e. The van der Waals surface area contributed by atoms with Gasteiger partial charge in [-0.2, -0.15) is 0 Å². The van der Waals surface area contributed by atoms with Gasteiger partial charge in [0.15, 0.2) is 12.0 Å². The molecule has 0 bridgehead atoms. The summed E-state index contributed by atoms with van der Waals surface area (Å²) >= 11 is 0. The number of guanidine groups is 1. The van der Waals surface area contributed by atoms with E-state index in [9.17, 15) is 14.4 Å². The van der Waals surface area contributed by atoms with Crippen LogP contribution in [0.15, 0.2) is 65.8 Å². The molecule has 3 aliphatic heterocycles. The second-order valence-electron chi connectivity index (χ2n) is 20.3. The maximum absolute atomic E-state index is 14.9. The molecule has 1 saturated carbocycles. The lowest BCUT2D eigenvalue weighted by Gasteiger charge is -2.30. The maximum atomic E-state index is 14.9. The summed E-state index contributed by atoms with van der Waals surface area (Å²) in [5, 5.41) is 2.73. The first-order valence-corrected chi connectivity index (χ1v) is 24.9. The molecule has 3 aromatic carbocycles. The topological polar surface area (TPSA) is 164 Å². The fourth-order valence-electron chi connectivity index (χ4n) is 11.5. The first kappa shape index (κ1) is 46.1. The van der Waals surface area contributed by atoms with Gasteiger partial charge in [-0.05, 0) is 115 Å². The lowest BCUT2D eigenvalue weighted by Crippen LogP contribution is -2.51. The van der Waals surface area contributed by atoms with Crippen molar-refractivity contribution in [2.24, 2.45) is 10.9 Å². The van der Waals surface area contributed by atoms with Crippen LogP contribution in [0, 0.1) is 5.92 Å². The molecule has 69 heavy (non-hydrogen) atoms. The number of methoxy groups -OCH3 is 1. The molecule has 2 aromatic heterocycles. The number of imidazole rings is 2. The quantitative estimate of drug-likeness (QED) is 0.0918. The average Bonchev–Trinajstić information content (AvgIpc) is 4.22. The number of aromatic amines is 2. The summed E-state index contributed by atoms with van der Waals surface area (Å²) in [4.78, 5) is 70.9. The number of nitrogens with one attached hydrogen (secondary N) is 3. The van der Waals surface area contributed by atoms with Gasteiger partial charge in [0, 0.05) is 52.4 Å². The van der Waals surface area contributed by atoms with E-state index in [1.807, 2.05) is 67.8 Å². The number of amides is 3. The van der Waals surface area contributed by atoms with E-state index in [2.05, 4.69) is 69.9 Å². The van der Waals surface area contributed by atoms with Gasteiger partial charge in [-0.3, -0.25) is 9.59 Å². The Hall–Kier alpha value is -6.64. The zero-order valence-electron chi connectivity index (χ0n) is 41.1. The molecule has 3 amide bonds. The summed E-state index contributed by atoms with van der Waals surface area (Å²) in [6.07, 6.45) is 11.2. The monoisotopic (exact) mass is 935 g/mol. The van der Waals surface area contributed by atoms with Crippen LogP contribution in [0.1, 0.15) is 129 Å². The first-order chi connectivity index (χ1) is 33.4. The van der Waals surface area contributed by atoms with E-state index in [4.69, 9.17) is 24.4 Å².